The van der Waals surface area contributed by atoms with Crippen molar-refractivity contribution in [2.75, 3.05) is 12.3 Å². The number of allylic oxidation sites excluding steroid dienone is 3. The van der Waals surface area contributed by atoms with Crippen molar-refractivity contribution in [3.63, 3.8) is 0 Å². The first-order chi connectivity index (χ1) is 8.39. The third-order valence-electron chi connectivity index (χ3n) is 2.47. The van der Waals surface area contributed by atoms with Crippen LogP contribution in [0.1, 0.15) is 33.6 Å². The van der Waals surface area contributed by atoms with Crippen LogP contribution in [0, 0.1) is 0 Å². The van der Waals surface area contributed by atoms with E-state index < -0.39 is 10.1 Å². The van der Waals surface area contributed by atoms with Crippen LogP contribution in [-0.2, 0) is 10.1 Å². The van der Waals surface area contributed by atoms with Crippen molar-refractivity contribution in [3.05, 3.63) is 36.8 Å². The zero-order valence-corrected chi connectivity index (χ0v) is 12.2. The van der Waals surface area contributed by atoms with Crippen LogP contribution in [-0.4, -0.2) is 29.8 Å². The summed E-state index contributed by atoms with van der Waals surface area (Å²) in [5.74, 6) is -0.283. The van der Waals surface area contributed by atoms with Crippen LogP contribution in [0.4, 0.5) is 0 Å². The fourth-order valence-corrected chi connectivity index (χ4v) is 2.43. The molecular formula is C13H23NO3S. The van der Waals surface area contributed by atoms with Gasteiger partial charge in [-0.25, -0.2) is 12.9 Å². The van der Waals surface area contributed by atoms with Crippen LogP contribution in [0.15, 0.2) is 36.8 Å². The summed E-state index contributed by atoms with van der Waals surface area (Å²) < 4.78 is 32.1. The molecule has 18 heavy (non-hydrogen) atoms. The molecule has 0 aromatic rings. The number of rotatable bonds is 8. The summed E-state index contributed by atoms with van der Waals surface area (Å²) in [7, 11) is -4.09. The Kier molecular flexibility index (Phi) is 7.82. The summed E-state index contributed by atoms with van der Waals surface area (Å²) in [6, 6.07) is 0. The van der Waals surface area contributed by atoms with E-state index in [2.05, 4.69) is 0 Å². The highest BCUT2D eigenvalue weighted by molar-refractivity contribution is 7.85. The molecule has 0 amide bonds. The molecule has 0 aliphatic carbocycles. The van der Waals surface area contributed by atoms with E-state index >= 15 is 0 Å². The smallest absolute Gasteiger partial charge is 0.101 e. The van der Waals surface area contributed by atoms with Crippen molar-refractivity contribution >= 4 is 10.1 Å². The molecule has 0 fully saturated rings. The SMILES string of the molecule is C/C=C/[N+](/C=C/C)(/C=C/C)CCCCS(=O)(=O)[O-]. The van der Waals surface area contributed by atoms with Gasteiger partial charge in [0, 0.05) is 5.75 Å². The van der Waals surface area contributed by atoms with Gasteiger partial charge >= 0.3 is 0 Å². The van der Waals surface area contributed by atoms with Gasteiger partial charge in [-0.1, -0.05) is 0 Å². The third-order valence-corrected chi connectivity index (χ3v) is 3.26. The van der Waals surface area contributed by atoms with E-state index in [1.165, 1.54) is 0 Å². The molecule has 0 saturated carbocycles. The highest BCUT2D eigenvalue weighted by atomic mass is 32.2. The largest absolute Gasteiger partial charge is 0.748 e. The number of hydrogen-bond donors (Lipinski definition) is 0. The summed E-state index contributed by atoms with van der Waals surface area (Å²) >= 11 is 0. The predicted molar refractivity (Wildman–Crippen MR) is 73.4 cm³/mol. The molecule has 0 saturated heterocycles. The Morgan fingerprint density at radius 1 is 0.944 bits per heavy atom. The van der Waals surface area contributed by atoms with Gasteiger partial charge in [0.1, 0.15) is 18.6 Å². The fourth-order valence-electron chi connectivity index (χ4n) is 1.87. The Balaban J connectivity index is 4.60. The molecule has 104 valence electrons. The van der Waals surface area contributed by atoms with E-state index in [0.29, 0.717) is 17.3 Å². The lowest BCUT2D eigenvalue weighted by Crippen LogP contribution is -2.32. The van der Waals surface area contributed by atoms with Gasteiger partial charge in [-0.2, -0.15) is 0 Å². The van der Waals surface area contributed by atoms with Gasteiger partial charge in [-0.15, -0.1) is 0 Å². The van der Waals surface area contributed by atoms with Crippen molar-refractivity contribution in [3.8, 4) is 0 Å². The van der Waals surface area contributed by atoms with Gasteiger partial charge in [0.15, 0.2) is 0 Å². The summed E-state index contributed by atoms with van der Waals surface area (Å²) in [5, 5.41) is 0. The summed E-state index contributed by atoms with van der Waals surface area (Å²) in [5.41, 5.74) is 0. The Morgan fingerprint density at radius 3 is 1.72 bits per heavy atom. The van der Waals surface area contributed by atoms with Gasteiger partial charge in [0.2, 0.25) is 0 Å². The summed E-state index contributed by atoms with van der Waals surface area (Å²) in [6.07, 6.45) is 13.1. The quantitative estimate of drug-likeness (QED) is 0.388. The molecule has 0 heterocycles. The summed E-state index contributed by atoms with van der Waals surface area (Å²) in [4.78, 5) is 0. The van der Waals surface area contributed by atoms with Gasteiger partial charge in [0.25, 0.3) is 0 Å². The van der Waals surface area contributed by atoms with Crippen molar-refractivity contribution in [1.29, 1.82) is 0 Å². The van der Waals surface area contributed by atoms with Crippen LogP contribution in [0.2, 0.25) is 0 Å². The first-order valence-electron chi connectivity index (χ1n) is 6.11. The van der Waals surface area contributed by atoms with Crippen LogP contribution in [0.25, 0.3) is 0 Å². The Hall–Kier alpha value is -0.910. The molecule has 5 heteroatoms. The average molecular weight is 273 g/mol. The standard InChI is InChI=1S/C13H23NO3S/c1-4-9-14(10-5-2,11-6-3)12-7-8-13-18(15,16)17/h4-6,9-11H,7-8,12-13H2,1-3H3/b9-4+,10-5+,11-6+. The Morgan fingerprint density at radius 2 is 1.39 bits per heavy atom. The van der Waals surface area contributed by atoms with Gasteiger partial charge < -0.3 is 4.55 Å². The lowest BCUT2D eigenvalue weighted by molar-refractivity contribution is -0.773. The normalized spacial score (nSPS) is 14.2. The minimum Gasteiger partial charge on any atom is -0.748 e. The Bertz CT molecular complexity index is 377. The fraction of sp³-hybridized carbons (Fsp3) is 0.538. The van der Waals surface area contributed by atoms with E-state index in [-0.39, 0.29) is 5.75 Å². The van der Waals surface area contributed by atoms with Crippen molar-refractivity contribution < 1.29 is 17.5 Å². The van der Waals surface area contributed by atoms with Crippen LogP contribution in [0.3, 0.4) is 0 Å². The van der Waals surface area contributed by atoms with E-state index in [4.69, 9.17) is 0 Å². The number of hydrogen-bond acceptors (Lipinski definition) is 3. The first kappa shape index (κ1) is 17.1. The molecule has 0 unspecified atom stereocenters. The van der Waals surface area contributed by atoms with Crippen molar-refractivity contribution in [2.45, 2.75) is 33.6 Å². The van der Waals surface area contributed by atoms with Gasteiger partial charge in [0.05, 0.1) is 16.7 Å². The molecule has 4 nitrogen and oxygen atoms in total. The molecule has 0 bridgehead atoms. The molecule has 0 atom stereocenters. The van der Waals surface area contributed by atoms with E-state index in [1.807, 2.05) is 57.6 Å². The minimum atomic E-state index is -4.09. The predicted octanol–water partition coefficient (Wildman–Crippen LogP) is 2.73. The topological polar surface area (TPSA) is 57.2 Å². The van der Waals surface area contributed by atoms with Crippen LogP contribution >= 0.6 is 0 Å². The zero-order chi connectivity index (χ0) is 14.1. The highest BCUT2D eigenvalue weighted by Crippen LogP contribution is 2.14. The number of quaternary nitrogens is 1. The first-order valence-corrected chi connectivity index (χ1v) is 7.69. The molecule has 0 aliphatic heterocycles. The Labute approximate surface area is 111 Å². The van der Waals surface area contributed by atoms with E-state index in [1.54, 1.807) is 0 Å². The maximum Gasteiger partial charge on any atom is 0.101 e. The maximum atomic E-state index is 10.5. The lowest BCUT2D eigenvalue weighted by atomic mass is 10.3. The maximum absolute atomic E-state index is 10.5. The second kappa shape index (κ2) is 8.24. The molecule has 0 rings (SSSR count). The van der Waals surface area contributed by atoms with Crippen molar-refractivity contribution in [1.82, 2.24) is 0 Å². The van der Waals surface area contributed by atoms with Crippen LogP contribution < -0.4 is 0 Å². The molecule has 0 radical (unpaired) electrons. The second-order valence-corrected chi connectivity index (χ2v) is 5.66. The molecule has 0 aromatic carbocycles. The molecule has 0 aliphatic rings. The molecule has 0 aromatic heterocycles. The lowest BCUT2D eigenvalue weighted by Gasteiger charge is -2.26. The monoisotopic (exact) mass is 273 g/mol. The molecule has 0 spiro atoms. The van der Waals surface area contributed by atoms with Gasteiger partial charge in [-0.05, 0) is 51.8 Å². The van der Waals surface area contributed by atoms with Crippen LogP contribution in [0.5, 0.6) is 0 Å². The summed E-state index contributed by atoms with van der Waals surface area (Å²) in [6.45, 7) is 6.58. The molecule has 0 N–H and O–H groups in total. The average Bonchev–Trinajstić information content (AvgIpc) is 2.24. The van der Waals surface area contributed by atoms with Crippen molar-refractivity contribution in [2.24, 2.45) is 0 Å². The van der Waals surface area contributed by atoms with E-state index in [9.17, 15) is 13.0 Å². The van der Waals surface area contributed by atoms with Gasteiger partial charge in [-0.3, -0.25) is 0 Å². The van der Waals surface area contributed by atoms with E-state index in [0.717, 1.165) is 6.54 Å². The highest BCUT2D eigenvalue weighted by Gasteiger charge is 2.17. The zero-order valence-electron chi connectivity index (χ0n) is 11.4. The molecular weight excluding hydrogens is 250 g/mol. The third kappa shape index (κ3) is 7.42. The second-order valence-electron chi connectivity index (χ2n) is 4.13. The minimum absolute atomic E-state index is 0.283. The number of nitrogens with zero attached hydrogens (tertiary/aromatic N) is 1. The number of unbranched alkanes of at least 4 members (excludes halogenated alkanes) is 1.